The van der Waals surface area contributed by atoms with Gasteiger partial charge in [-0.25, -0.2) is 4.79 Å². The van der Waals surface area contributed by atoms with E-state index >= 15 is 0 Å². The Hall–Kier alpha value is -2.77. The van der Waals surface area contributed by atoms with Crippen molar-refractivity contribution >= 4 is 22.5 Å². The molecule has 2 aromatic rings. The number of benzene rings is 2. The van der Waals surface area contributed by atoms with Crippen LogP contribution in [0.4, 0.5) is 13.2 Å². The van der Waals surface area contributed by atoms with E-state index in [9.17, 15) is 22.8 Å². The van der Waals surface area contributed by atoms with Crippen molar-refractivity contribution in [1.82, 2.24) is 0 Å². The molecule has 1 unspecified atom stereocenters. The summed E-state index contributed by atoms with van der Waals surface area (Å²) in [6.07, 6.45) is -3.45. The minimum absolute atomic E-state index is 0.0792. The molecule has 3 aliphatic rings. The first-order valence-electron chi connectivity index (χ1n) is 8.59. The molecule has 27 heavy (non-hydrogen) atoms. The Labute approximate surface area is 151 Å². The summed E-state index contributed by atoms with van der Waals surface area (Å²) in [4.78, 5) is 23.9. The number of carbonyl (C=O) groups is 2. The summed E-state index contributed by atoms with van der Waals surface area (Å²) in [6.45, 7) is 0.0792. The molecule has 140 valence electrons. The van der Waals surface area contributed by atoms with Crippen LogP contribution < -0.4 is 9.47 Å². The van der Waals surface area contributed by atoms with Gasteiger partial charge in [0.15, 0.2) is 17.6 Å². The molecule has 0 amide bonds. The van der Waals surface area contributed by atoms with Gasteiger partial charge in [0.25, 0.3) is 0 Å². The van der Waals surface area contributed by atoms with Crippen molar-refractivity contribution in [3.8, 4) is 11.5 Å². The number of ketones is 1. The van der Waals surface area contributed by atoms with Crippen LogP contribution in [0.5, 0.6) is 11.5 Å². The zero-order chi connectivity index (χ0) is 18.9. The molecule has 1 aliphatic heterocycles. The SMILES string of the molecule is O=C1c2c(c3c(c4cc5c(cc24)OCO5)CCCC3)C1OC(=O)C(F)(F)F. The molecule has 0 N–H and O–H groups in total. The molecule has 1 atom stereocenters. The second kappa shape index (κ2) is 5.37. The molecule has 5 nitrogen and oxygen atoms in total. The van der Waals surface area contributed by atoms with Crippen LogP contribution in [0, 0.1) is 0 Å². The Morgan fingerprint density at radius 3 is 2.33 bits per heavy atom. The Balaban J connectivity index is 1.70. The highest BCUT2D eigenvalue weighted by atomic mass is 19.4. The monoisotopic (exact) mass is 378 g/mol. The molecule has 0 fully saturated rings. The second-order valence-corrected chi connectivity index (χ2v) is 6.85. The minimum Gasteiger partial charge on any atom is -0.454 e. The lowest BCUT2D eigenvalue weighted by atomic mass is 9.71. The Morgan fingerprint density at radius 1 is 1.04 bits per heavy atom. The zero-order valence-electron chi connectivity index (χ0n) is 13.9. The maximum atomic E-state index is 12.6. The number of Topliss-reactive ketones (excluding diaryl/α,β-unsaturated/α-hetero) is 1. The standard InChI is InChI=1S/C19H13F3O5/c20-19(21,22)18(24)27-17-15-9-4-2-1-3-8(9)10-5-12-13(26-7-25-12)6-11(10)14(15)16(17)23/h5-6,17H,1-4,7H2. The Morgan fingerprint density at radius 2 is 1.67 bits per heavy atom. The largest absolute Gasteiger partial charge is 0.490 e. The number of alkyl halides is 3. The van der Waals surface area contributed by atoms with Gasteiger partial charge in [0.2, 0.25) is 12.6 Å². The molecular formula is C19H13F3O5. The predicted molar refractivity (Wildman–Crippen MR) is 85.9 cm³/mol. The van der Waals surface area contributed by atoms with Crippen LogP contribution in [-0.4, -0.2) is 24.7 Å². The molecule has 0 aromatic heterocycles. The number of fused-ring (bicyclic) bond motifs is 7. The first-order valence-corrected chi connectivity index (χ1v) is 8.59. The van der Waals surface area contributed by atoms with E-state index in [-0.39, 0.29) is 6.79 Å². The van der Waals surface area contributed by atoms with Gasteiger partial charge in [-0.05, 0) is 59.7 Å². The van der Waals surface area contributed by atoms with E-state index in [2.05, 4.69) is 4.74 Å². The fraction of sp³-hybridized carbons (Fsp3) is 0.368. The molecule has 0 saturated heterocycles. The van der Waals surface area contributed by atoms with Gasteiger partial charge in [0, 0.05) is 11.1 Å². The van der Waals surface area contributed by atoms with Crippen molar-refractivity contribution in [3.63, 3.8) is 0 Å². The molecular weight excluding hydrogens is 365 g/mol. The highest BCUT2D eigenvalue weighted by molar-refractivity contribution is 6.20. The first-order chi connectivity index (χ1) is 12.9. The maximum Gasteiger partial charge on any atom is 0.490 e. The van der Waals surface area contributed by atoms with Gasteiger partial charge < -0.3 is 14.2 Å². The van der Waals surface area contributed by atoms with E-state index in [1.165, 1.54) is 0 Å². The topological polar surface area (TPSA) is 61.8 Å². The third-order valence-corrected chi connectivity index (χ3v) is 5.37. The number of hydrogen-bond acceptors (Lipinski definition) is 5. The normalized spacial score (nSPS) is 20.1. The fourth-order valence-electron chi connectivity index (χ4n) is 4.22. The van der Waals surface area contributed by atoms with Crippen LogP contribution in [0.25, 0.3) is 10.8 Å². The van der Waals surface area contributed by atoms with Crippen LogP contribution >= 0.6 is 0 Å². The Kier molecular flexibility index (Phi) is 3.26. The lowest BCUT2D eigenvalue weighted by molar-refractivity contribution is -0.203. The minimum atomic E-state index is -5.14. The smallest absolute Gasteiger partial charge is 0.454 e. The van der Waals surface area contributed by atoms with Gasteiger partial charge in [-0.2, -0.15) is 13.2 Å². The molecule has 0 radical (unpaired) electrons. The van der Waals surface area contributed by atoms with E-state index in [1.807, 2.05) is 6.07 Å². The lowest BCUT2D eigenvalue weighted by Crippen LogP contribution is -2.37. The van der Waals surface area contributed by atoms with Crippen LogP contribution in [0.15, 0.2) is 12.1 Å². The lowest BCUT2D eigenvalue weighted by Gasteiger charge is -2.35. The maximum absolute atomic E-state index is 12.6. The molecule has 8 heteroatoms. The van der Waals surface area contributed by atoms with Crippen molar-refractivity contribution in [3.05, 3.63) is 34.4 Å². The highest BCUT2D eigenvalue weighted by Gasteiger charge is 2.49. The van der Waals surface area contributed by atoms with Gasteiger partial charge >= 0.3 is 12.1 Å². The van der Waals surface area contributed by atoms with Gasteiger partial charge in [-0.3, -0.25) is 4.79 Å². The first kappa shape index (κ1) is 16.4. The number of ether oxygens (including phenoxy) is 3. The second-order valence-electron chi connectivity index (χ2n) is 6.85. The van der Waals surface area contributed by atoms with Gasteiger partial charge in [0.05, 0.1) is 0 Å². The summed E-state index contributed by atoms with van der Waals surface area (Å²) >= 11 is 0. The van der Waals surface area contributed by atoms with Crippen LogP contribution in [0.2, 0.25) is 0 Å². The van der Waals surface area contributed by atoms with E-state index in [0.717, 1.165) is 35.8 Å². The zero-order valence-corrected chi connectivity index (χ0v) is 13.9. The Bertz CT molecular complexity index is 1020. The van der Waals surface area contributed by atoms with Gasteiger partial charge in [-0.1, -0.05) is 0 Å². The van der Waals surface area contributed by atoms with E-state index in [1.54, 1.807) is 6.07 Å². The summed E-state index contributed by atoms with van der Waals surface area (Å²) in [7, 11) is 0. The number of carbonyl (C=O) groups excluding carboxylic acids is 2. The average Bonchev–Trinajstić information content (AvgIpc) is 3.09. The fourth-order valence-corrected chi connectivity index (χ4v) is 4.22. The quantitative estimate of drug-likeness (QED) is 0.707. The predicted octanol–water partition coefficient (Wildman–Crippen LogP) is 3.79. The molecule has 2 aromatic carbocycles. The summed E-state index contributed by atoms with van der Waals surface area (Å²) in [5, 5.41) is 1.46. The highest BCUT2D eigenvalue weighted by Crippen LogP contribution is 2.50. The molecule has 2 aliphatic carbocycles. The van der Waals surface area contributed by atoms with Crippen LogP contribution in [-0.2, 0) is 22.4 Å². The third-order valence-electron chi connectivity index (χ3n) is 5.37. The molecule has 0 saturated carbocycles. The van der Waals surface area contributed by atoms with Crippen molar-refractivity contribution in [1.29, 1.82) is 0 Å². The van der Waals surface area contributed by atoms with E-state index < -0.39 is 24.0 Å². The van der Waals surface area contributed by atoms with E-state index in [4.69, 9.17) is 9.47 Å². The van der Waals surface area contributed by atoms with E-state index in [0.29, 0.717) is 34.4 Å². The summed E-state index contributed by atoms with van der Waals surface area (Å²) < 4.78 is 53.1. The number of esters is 1. The van der Waals surface area contributed by atoms with Crippen LogP contribution in [0.3, 0.4) is 0 Å². The van der Waals surface area contributed by atoms with Crippen molar-refractivity contribution in [2.45, 2.75) is 38.0 Å². The number of hydrogen-bond donors (Lipinski definition) is 0. The van der Waals surface area contributed by atoms with Gasteiger partial charge in [-0.15, -0.1) is 0 Å². The molecule has 1 heterocycles. The number of aryl methyl sites for hydroxylation is 1. The molecule has 5 rings (SSSR count). The number of halogens is 3. The third kappa shape index (κ3) is 2.25. The summed E-state index contributed by atoms with van der Waals surface area (Å²) in [6, 6.07) is 3.51. The number of rotatable bonds is 1. The van der Waals surface area contributed by atoms with Gasteiger partial charge in [0.1, 0.15) is 0 Å². The van der Waals surface area contributed by atoms with Crippen LogP contribution in [0.1, 0.15) is 46.0 Å². The molecule has 0 bridgehead atoms. The van der Waals surface area contributed by atoms with Crippen molar-refractivity contribution in [2.75, 3.05) is 6.79 Å². The van der Waals surface area contributed by atoms with Crippen molar-refractivity contribution < 1.29 is 37.0 Å². The molecule has 0 spiro atoms. The summed E-state index contributed by atoms with van der Waals surface area (Å²) in [5.41, 5.74) is 2.54. The van der Waals surface area contributed by atoms with Crippen molar-refractivity contribution in [2.24, 2.45) is 0 Å². The average molecular weight is 378 g/mol. The summed E-state index contributed by atoms with van der Waals surface area (Å²) in [5.74, 6) is -1.88.